The van der Waals surface area contributed by atoms with Crippen LogP contribution in [0.25, 0.3) is 11.3 Å². The van der Waals surface area contributed by atoms with Gasteiger partial charge in [0, 0.05) is 24.5 Å². The highest BCUT2D eigenvalue weighted by atomic mass is 19.3. The summed E-state index contributed by atoms with van der Waals surface area (Å²) in [7, 11) is 0. The molecule has 0 aliphatic rings. The molecule has 0 radical (unpaired) electrons. The third-order valence-corrected chi connectivity index (χ3v) is 2.60. The van der Waals surface area contributed by atoms with Crippen LogP contribution < -0.4 is 10.1 Å². The molecular weight excluding hydrogens is 264 g/mol. The number of halogens is 2. The van der Waals surface area contributed by atoms with Crippen molar-refractivity contribution in [2.24, 2.45) is 0 Å². The highest BCUT2D eigenvalue weighted by Crippen LogP contribution is 2.32. The number of ether oxygens (including phenoxy) is 1. The van der Waals surface area contributed by atoms with Crippen LogP contribution in [0.2, 0.25) is 0 Å². The lowest BCUT2D eigenvalue weighted by atomic mass is 10.1. The Hall–Kier alpha value is -2.24. The lowest BCUT2D eigenvalue weighted by Crippen LogP contribution is -2.07. The number of nitrogens with one attached hydrogen (secondary N) is 1. The van der Waals surface area contributed by atoms with Crippen LogP contribution in [0.15, 0.2) is 36.7 Å². The molecule has 0 saturated heterocycles. The van der Waals surface area contributed by atoms with Gasteiger partial charge in [-0.2, -0.15) is 8.78 Å². The molecule has 1 aromatic carbocycles. The lowest BCUT2D eigenvalue weighted by molar-refractivity contribution is -0.0494. The maximum atomic E-state index is 12.4. The fraction of sp³-hybridized carbons (Fsp3) is 0.286. The maximum absolute atomic E-state index is 12.4. The van der Waals surface area contributed by atoms with Gasteiger partial charge in [-0.3, -0.25) is 4.98 Å². The van der Waals surface area contributed by atoms with Gasteiger partial charge in [0.25, 0.3) is 0 Å². The monoisotopic (exact) mass is 279 g/mol. The second-order valence-corrected chi connectivity index (χ2v) is 4.05. The zero-order chi connectivity index (χ0) is 14.4. The Morgan fingerprint density at radius 3 is 2.70 bits per heavy atom. The molecule has 0 amide bonds. The van der Waals surface area contributed by atoms with E-state index < -0.39 is 6.61 Å². The summed E-state index contributed by atoms with van der Waals surface area (Å²) < 4.78 is 29.4. The first-order chi connectivity index (χ1) is 9.72. The zero-order valence-corrected chi connectivity index (χ0v) is 11.0. The van der Waals surface area contributed by atoms with E-state index in [0.717, 1.165) is 13.0 Å². The number of benzene rings is 1. The van der Waals surface area contributed by atoms with Gasteiger partial charge in [-0.15, -0.1) is 0 Å². The molecule has 1 N–H and O–H groups in total. The summed E-state index contributed by atoms with van der Waals surface area (Å²) in [4.78, 5) is 8.42. The van der Waals surface area contributed by atoms with Gasteiger partial charge in [-0.25, -0.2) is 4.98 Å². The van der Waals surface area contributed by atoms with Gasteiger partial charge >= 0.3 is 6.61 Å². The van der Waals surface area contributed by atoms with Gasteiger partial charge in [-0.1, -0.05) is 19.1 Å². The topological polar surface area (TPSA) is 47.0 Å². The van der Waals surface area contributed by atoms with Crippen LogP contribution in [0, 0.1) is 0 Å². The molecule has 20 heavy (non-hydrogen) atoms. The van der Waals surface area contributed by atoms with E-state index in [4.69, 9.17) is 0 Å². The third kappa shape index (κ3) is 3.40. The molecule has 0 aliphatic carbocycles. The normalized spacial score (nSPS) is 10.6. The highest BCUT2D eigenvalue weighted by Gasteiger charge is 2.15. The maximum Gasteiger partial charge on any atom is 0.387 e. The molecule has 0 spiro atoms. The fourth-order valence-electron chi connectivity index (χ4n) is 1.77. The van der Waals surface area contributed by atoms with Crippen LogP contribution in [-0.2, 0) is 0 Å². The summed E-state index contributed by atoms with van der Waals surface area (Å²) in [6, 6.07) is 6.54. The van der Waals surface area contributed by atoms with Crippen LogP contribution in [-0.4, -0.2) is 23.1 Å². The largest absolute Gasteiger partial charge is 0.434 e. The third-order valence-electron chi connectivity index (χ3n) is 2.60. The van der Waals surface area contributed by atoms with Crippen molar-refractivity contribution < 1.29 is 13.5 Å². The Balaban J connectivity index is 2.40. The number of alkyl halides is 2. The van der Waals surface area contributed by atoms with Gasteiger partial charge in [-0.05, 0) is 18.6 Å². The molecule has 0 unspecified atom stereocenters. The number of nitrogens with zero attached hydrogens (tertiary/aromatic N) is 2. The van der Waals surface area contributed by atoms with Crippen molar-refractivity contribution in [3.05, 3.63) is 36.7 Å². The fourth-order valence-corrected chi connectivity index (χ4v) is 1.77. The minimum atomic E-state index is -2.88. The van der Waals surface area contributed by atoms with Crippen molar-refractivity contribution in [1.29, 1.82) is 0 Å². The van der Waals surface area contributed by atoms with Crippen molar-refractivity contribution in [3.8, 4) is 17.0 Å². The van der Waals surface area contributed by atoms with E-state index in [-0.39, 0.29) is 5.75 Å². The molecule has 106 valence electrons. The Bertz CT molecular complexity index is 564. The van der Waals surface area contributed by atoms with Gasteiger partial charge in [0.1, 0.15) is 11.4 Å². The van der Waals surface area contributed by atoms with Crippen LogP contribution in [0.5, 0.6) is 5.75 Å². The van der Waals surface area contributed by atoms with Gasteiger partial charge in [0.05, 0.1) is 0 Å². The Labute approximate surface area is 115 Å². The zero-order valence-electron chi connectivity index (χ0n) is 11.0. The smallest absolute Gasteiger partial charge is 0.387 e. The van der Waals surface area contributed by atoms with E-state index in [1.165, 1.54) is 12.3 Å². The number of hydrogen-bond acceptors (Lipinski definition) is 4. The summed E-state index contributed by atoms with van der Waals surface area (Å²) in [5.74, 6) is 0.641. The van der Waals surface area contributed by atoms with Crippen LogP contribution in [0.3, 0.4) is 0 Å². The average molecular weight is 279 g/mol. The molecule has 4 nitrogen and oxygen atoms in total. The Kier molecular flexibility index (Phi) is 4.81. The Morgan fingerprint density at radius 1 is 1.20 bits per heavy atom. The predicted molar refractivity (Wildman–Crippen MR) is 72.9 cm³/mol. The van der Waals surface area contributed by atoms with Crippen LogP contribution in [0.1, 0.15) is 13.3 Å². The predicted octanol–water partition coefficient (Wildman–Crippen LogP) is 3.57. The van der Waals surface area contributed by atoms with Crippen molar-refractivity contribution >= 4 is 5.82 Å². The molecular formula is C14H15F2N3O. The second kappa shape index (κ2) is 6.79. The molecule has 0 saturated carbocycles. The van der Waals surface area contributed by atoms with E-state index in [9.17, 15) is 8.78 Å². The number of rotatable bonds is 6. The van der Waals surface area contributed by atoms with Crippen molar-refractivity contribution in [2.45, 2.75) is 20.0 Å². The van der Waals surface area contributed by atoms with Crippen LogP contribution in [0.4, 0.5) is 14.6 Å². The summed E-state index contributed by atoms with van der Waals surface area (Å²) in [5, 5.41) is 3.13. The number of hydrogen-bond donors (Lipinski definition) is 1. The average Bonchev–Trinajstić information content (AvgIpc) is 2.45. The van der Waals surface area contributed by atoms with E-state index in [2.05, 4.69) is 20.0 Å². The van der Waals surface area contributed by atoms with Crippen molar-refractivity contribution in [1.82, 2.24) is 9.97 Å². The van der Waals surface area contributed by atoms with Gasteiger partial charge in [0.2, 0.25) is 0 Å². The first-order valence-corrected chi connectivity index (χ1v) is 6.31. The summed E-state index contributed by atoms with van der Waals surface area (Å²) >= 11 is 0. The van der Waals surface area contributed by atoms with Crippen LogP contribution >= 0.6 is 0 Å². The molecule has 2 rings (SSSR count). The first kappa shape index (κ1) is 14.2. The number of anilines is 1. The molecule has 0 aliphatic heterocycles. The minimum Gasteiger partial charge on any atom is -0.434 e. The lowest BCUT2D eigenvalue weighted by Gasteiger charge is -2.13. The molecule has 0 fully saturated rings. The number of para-hydroxylation sites is 1. The molecule has 6 heteroatoms. The minimum absolute atomic E-state index is 0.0857. The SMILES string of the molecule is CCCNc1nccnc1-c1ccccc1OC(F)F. The molecule has 0 bridgehead atoms. The highest BCUT2D eigenvalue weighted by molar-refractivity contribution is 5.76. The quantitative estimate of drug-likeness (QED) is 0.878. The molecule has 1 heterocycles. The van der Waals surface area contributed by atoms with Crippen molar-refractivity contribution in [3.63, 3.8) is 0 Å². The summed E-state index contributed by atoms with van der Waals surface area (Å²) in [6.07, 6.45) is 3.99. The molecule has 1 aromatic heterocycles. The van der Waals surface area contributed by atoms with E-state index in [1.807, 2.05) is 6.92 Å². The van der Waals surface area contributed by atoms with E-state index in [1.54, 1.807) is 24.4 Å². The summed E-state index contributed by atoms with van der Waals surface area (Å²) in [6.45, 7) is -0.125. The summed E-state index contributed by atoms with van der Waals surface area (Å²) in [5.41, 5.74) is 0.983. The van der Waals surface area contributed by atoms with Crippen molar-refractivity contribution in [2.75, 3.05) is 11.9 Å². The van der Waals surface area contributed by atoms with Gasteiger partial charge in [0.15, 0.2) is 5.82 Å². The van der Waals surface area contributed by atoms with E-state index in [0.29, 0.717) is 17.1 Å². The standard InChI is InChI=1S/C14H15F2N3O/c1-2-7-18-13-12(17-8-9-19-13)10-5-3-4-6-11(10)20-14(15)16/h3-6,8-9,14H,2,7H2,1H3,(H,18,19). The van der Waals surface area contributed by atoms with E-state index >= 15 is 0 Å². The Morgan fingerprint density at radius 2 is 1.95 bits per heavy atom. The number of aromatic nitrogens is 2. The molecule has 2 aromatic rings. The first-order valence-electron chi connectivity index (χ1n) is 6.31. The van der Waals surface area contributed by atoms with Gasteiger partial charge < -0.3 is 10.1 Å². The molecule has 0 atom stereocenters. The second-order valence-electron chi connectivity index (χ2n) is 4.05.